The second-order valence-corrected chi connectivity index (χ2v) is 6.62. The standard InChI is InChI=1S/C18H14ClF3N2O4/c19-9-4-5-15(28-8-18(20,21)22)13(6-9)24-17(27)11-7-10-12(23-16(11)26)2-1-3-14(10)25/h4-7H,1-3,8H2,(H,23,26)(H,24,27). The van der Waals surface area contributed by atoms with Crippen molar-refractivity contribution in [3.63, 3.8) is 0 Å². The number of Topliss-reactive ketones (excluding diaryl/α,β-unsaturated/α-hetero) is 1. The van der Waals surface area contributed by atoms with E-state index >= 15 is 0 Å². The third-order valence-corrected chi connectivity index (χ3v) is 4.31. The molecule has 2 aromatic rings. The Morgan fingerprint density at radius 2 is 1.96 bits per heavy atom. The van der Waals surface area contributed by atoms with E-state index in [-0.39, 0.29) is 33.4 Å². The van der Waals surface area contributed by atoms with E-state index in [2.05, 4.69) is 10.3 Å². The van der Waals surface area contributed by atoms with Gasteiger partial charge in [-0.15, -0.1) is 0 Å². The predicted octanol–water partition coefficient (Wildman–Crippen LogP) is 3.74. The van der Waals surface area contributed by atoms with Crippen LogP contribution in [0.25, 0.3) is 0 Å². The number of nitrogens with one attached hydrogen (secondary N) is 2. The lowest BCUT2D eigenvalue weighted by Gasteiger charge is -2.16. The van der Waals surface area contributed by atoms with E-state index in [0.29, 0.717) is 25.0 Å². The molecule has 0 atom stereocenters. The van der Waals surface area contributed by atoms with Crippen molar-refractivity contribution < 1.29 is 27.5 Å². The van der Waals surface area contributed by atoms with Crippen LogP contribution in [-0.2, 0) is 6.42 Å². The zero-order valence-corrected chi connectivity index (χ0v) is 15.0. The summed E-state index contributed by atoms with van der Waals surface area (Å²) >= 11 is 5.84. The van der Waals surface area contributed by atoms with Gasteiger partial charge in [0.1, 0.15) is 11.3 Å². The number of ketones is 1. The Bertz CT molecular complexity index is 1000. The highest BCUT2D eigenvalue weighted by Crippen LogP contribution is 2.30. The number of hydrogen-bond donors (Lipinski definition) is 2. The van der Waals surface area contributed by atoms with E-state index in [9.17, 15) is 27.6 Å². The molecular formula is C18H14ClF3N2O4. The first-order valence-electron chi connectivity index (χ1n) is 8.24. The topological polar surface area (TPSA) is 88.3 Å². The van der Waals surface area contributed by atoms with Gasteiger partial charge >= 0.3 is 6.18 Å². The summed E-state index contributed by atoms with van der Waals surface area (Å²) in [5.41, 5.74) is -0.447. The molecular weight excluding hydrogens is 401 g/mol. The first-order valence-corrected chi connectivity index (χ1v) is 8.62. The van der Waals surface area contributed by atoms with Gasteiger partial charge in [-0.1, -0.05) is 11.6 Å². The van der Waals surface area contributed by atoms with E-state index < -0.39 is 24.2 Å². The third kappa shape index (κ3) is 4.53. The summed E-state index contributed by atoms with van der Waals surface area (Å²) in [6.07, 6.45) is -3.14. The van der Waals surface area contributed by atoms with Crippen LogP contribution in [0.5, 0.6) is 5.75 Å². The van der Waals surface area contributed by atoms with Crippen LogP contribution < -0.4 is 15.6 Å². The predicted molar refractivity (Wildman–Crippen MR) is 95.3 cm³/mol. The van der Waals surface area contributed by atoms with Crippen molar-refractivity contribution in [3.05, 3.63) is 56.5 Å². The fourth-order valence-corrected chi connectivity index (χ4v) is 2.99. The summed E-state index contributed by atoms with van der Waals surface area (Å²) in [4.78, 5) is 39.3. The summed E-state index contributed by atoms with van der Waals surface area (Å²) in [6, 6.07) is 4.87. The second-order valence-electron chi connectivity index (χ2n) is 6.18. The number of fused-ring (bicyclic) bond motifs is 1. The maximum absolute atomic E-state index is 12.5. The van der Waals surface area contributed by atoms with Crippen LogP contribution in [0.1, 0.15) is 39.3 Å². The number of halogens is 4. The van der Waals surface area contributed by atoms with Gasteiger partial charge in [0.25, 0.3) is 11.5 Å². The van der Waals surface area contributed by atoms with Gasteiger partial charge in [0, 0.05) is 22.7 Å². The van der Waals surface area contributed by atoms with Crippen LogP contribution in [0.3, 0.4) is 0 Å². The van der Waals surface area contributed by atoms with Gasteiger partial charge in [-0.2, -0.15) is 13.2 Å². The van der Waals surface area contributed by atoms with Crippen LogP contribution in [0, 0.1) is 0 Å². The Morgan fingerprint density at radius 1 is 1.21 bits per heavy atom. The van der Waals surface area contributed by atoms with Crippen molar-refractivity contribution in [1.29, 1.82) is 0 Å². The number of aryl methyl sites for hydroxylation is 1. The number of anilines is 1. The van der Waals surface area contributed by atoms with Crippen LogP contribution in [-0.4, -0.2) is 29.5 Å². The highest BCUT2D eigenvalue weighted by Gasteiger charge is 2.29. The van der Waals surface area contributed by atoms with Gasteiger partial charge in [-0.05, 0) is 37.1 Å². The number of pyridine rings is 1. The minimum Gasteiger partial charge on any atom is -0.482 e. The zero-order chi connectivity index (χ0) is 20.5. The van der Waals surface area contributed by atoms with Crippen molar-refractivity contribution in [2.75, 3.05) is 11.9 Å². The van der Waals surface area contributed by atoms with Crippen molar-refractivity contribution in [2.45, 2.75) is 25.4 Å². The minimum absolute atomic E-state index is 0.134. The van der Waals surface area contributed by atoms with Gasteiger partial charge in [0.15, 0.2) is 12.4 Å². The van der Waals surface area contributed by atoms with Crippen molar-refractivity contribution in [1.82, 2.24) is 4.98 Å². The maximum Gasteiger partial charge on any atom is 0.422 e. The number of carbonyl (C=O) groups is 2. The summed E-state index contributed by atoms with van der Waals surface area (Å²) in [5.74, 6) is -1.36. The number of H-pyrrole nitrogens is 1. The number of amides is 1. The Morgan fingerprint density at radius 3 is 2.68 bits per heavy atom. The molecule has 1 aromatic heterocycles. The third-order valence-electron chi connectivity index (χ3n) is 4.08. The molecule has 28 heavy (non-hydrogen) atoms. The van der Waals surface area contributed by atoms with Gasteiger partial charge in [0.2, 0.25) is 0 Å². The van der Waals surface area contributed by atoms with Gasteiger partial charge in [0.05, 0.1) is 5.69 Å². The lowest BCUT2D eigenvalue weighted by molar-refractivity contribution is -0.153. The van der Waals surface area contributed by atoms with Crippen LogP contribution in [0.2, 0.25) is 5.02 Å². The summed E-state index contributed by atoms with van der Waals surface area (Å²) in [7, 11) is 0. The summed E-state index contributed by atoms with van der Waals surface area (Å²) in [5, 5.41) is 2.46. The fourth-order valence-electron chi connectivity index (χ4n) is 2.82. The SMILES string of the molecule is O=C1CCCc2[nH]c(=O)c(C(=O)Nc3cc(Cl)ccc3OCC(F)(F)F)cc21. The van der Waals surface area contributed by atoms with Crippen molar-refractivity contribution in [3.8, 4) is 5.75 Å². The molecule has 0 saturated heterocycles. The average molecular weight is 415 g/mol. The molecule has 2 N–H and O–H groups in total. The Hall–Kier alpha value is -2.81. The minimum atomic E-state index is -4.57. The first-order chi connectivity index (χ1) is 13.1. The Kier molecular flexibility index (Phi) is 5.46. The molecule has 0 unspecified atom stereocenters. The monoisotopic (exact) mass is 414 g/mol. The molecule has 0 bridgehead atoms. The number of aromatic amines is 1. The quantitative estimate of drug-likeness (QED) is 0.797. The molecule has 0 aliphatic heterocycles. The molecule has 1 aromatic carbocycles. The molecule has 0 radical (unpaired) electrons. The maximum atomic E-state index is 12.5. The van der Waals surface area contributed by atoms with Crippen molar-refractivity contribution >= 4 is 29.0 Å². The molecule has 148 valence electrons. The smallest absolute Gasteiger partial charge is 0.422 e. The van der Waals surface area contributed by atoms with E-state index in [1.54, 1.807) is 0 Å². The number of hydrogen-bond acceptors (Lipinski definition) is 4. The highest BCUT2D eigenvalue weighted by molar-refractivity contribution is 6.31. The molecule has 6 nitrogen and oxygen atoms in total. The first kappa shape index (κ1) is 19.9. The number of aromatic nitrogens is 1. The lowest BCUT2D eigenvalue weighted by atomic mass is 9.93. The number of ether oxygens (including phenoxy) is 1. The van der Waals surface area contributed by atoms with E-state index in [4.69, 9.17) is 16.3 Å². The van der Waals surface area contributed by atoms with Crippen LogP contribution >= 0.6 is 11.6 Å². The largest absolute Gasteiger partial charge is 0.482 e. The summed E-state index contributed by atoms with van der Waals surface area (Å²) in [6.45, 7) is -1.56. The summed E-state index contributed by atoms with van der Waals surface area (Å²) < 4.78 is 41.9. The molecule has 1 aliphatic carbocycles. The molecule has 0 saturated carbocycles. The Labute approximate surface area is 161 Å². The second kappa shape index (κ2) is 7.67. The molecule has 3 rings (SSSR count). The molecule has 0 spiro atoms. The average Bonchev–Trinajstić information content (AvgIpc) is 2.60. The molecule has 1 aliphatic rings. The molecule has 0 fully saturated rings. The number of benzene rings is 1. The van der Waals surface area contributed by atoms with Crippen LogP contribution in [0.15, 0.2) is 29.1 Å². The zero-order valence-electron chi connectivity index (χ0n) is 14.3. The normalized spacial score (nSPS) is 13.8. The fraction of sp³-hybridized carbons (Fsp3) is 0.278. The van der Waals surface area contributed by atoms with Gasteiger partial charge in [-0.3, -0.25) is 14.4 Å². The molecule has 1 amide bonds. The van der Waals surface area contributed by atoms with E-state index in [1.165, 1.54) is 24.3 Å². The van der Waals surface area contributed by atoms with Gasteiger partial charge in [-0.25, -0.2) is 0 Å². The number of alkyl halides is 3. The van der Waals surface area contributed by atoms with Crippen LogP contribution in [0.4, 0.5) is 18.9 Å². The Balaban J connectivity index is 1.89. The lowest BCUT2D eigenvalue weighted by Crippen LogP contribution is -2.27. The van der Waals surface area contributed by atoms with Gasteiger partial charge < -0.3 is 15.0 Å². The number of carbonyl (C=O) groups excluding carboxylic acids is 2. The molecule has 10 heteroatoms. The number of rotatable bonds is 4. The molecule has 1 heterocycles. The highest BCUT2D eigenvalue weighted by atomic mass is 35.5. The van der Waals surface area contributed by atoms with Crippen molar-refractivity contribution in [2.24, 2.45) is 0 Å². The van der Waals surface area contributed by atoms with E-state index in [1.807, 2.05) is 0 Å². The van der Waals surface area contributed by atoms with E-state index in [0.717, 1.165) is 0 Å².